The molecule has 1 aromatic rings. The molecular weight excluding hydrogens is 463 g/mol. The van der Waals surface area contributed by atoms with Crippen LogP contribution in [0.1, 0.15) is 40.5 Å². The van der Waals surface area contributed by atoms with Crippen molar-refractivity contribution in [3.63, 3.8) is 0 Å². The Hall–Kier alpha value is -0.870. The molecule has 0 bridgehead atoms. The van der Waals surface area contributed by atoms with Gasteiger partial charge in [-0.3, -0.25) is 4.99 Å². The molecular formula is C18H33IN4O2S. The second-order valence-electron chi connectivity index (χ2n) is 7.35. The van der Waals surface area contributed by atoms with Gasteiger partial charge in [-0.15, -0.1) is 24.0 Å². The zero-order chi connectivity index (χ0) is 18.9. The quantitative estimate of drug-likeness (QED) is 0.224. The highest BCUT2D eigenvalue weighted by molar-refractivity contribution is 14.0. The number of sulfonamides is 1. The van der Waals surface area contributed by atoms with Crippen molar-refractivity contribution in [2.75, 3.05) is 20.1 Å². The lowest BCUT2D eigenvalue weighted by Crippen LogP contribution is -2.45. The Bertz CT molecular complexity index is 643. The summed E-state index contributed by atoms with van der Waals surface area (Å²) in [6.07, 6.45) is 2.17. The highest BCUT2D eigenvalue weighted by Crippen LogP contribution is 2.21. The normalized spacial score (nSPS) is 13.7. The van der Waals surface area contributed by atoms with Crippen LogP contribution in [0.2, 0.25) is 0 Å². The summed E-state index contributed by atoms with van der Waals surface area (Å²) < 4.78 is 26.8. The first-order valence-electron chi connectivity index (χ1n) is 8.66. The van der Waals surface area contributed by atoms with Crippen molar-refractivity contribution < 1.29 is 8.42 Å². The van der Waals surface area contributed by atoms with Gasteiger partial charge < -0.3 is 10.6 Å². The summed E-state index contributed by atoms with van der Waals surface area (Å²) in [5.74, 6) is 0.681. The monoisotopic (exact) mass is 496 g/mol. The fraction of sp³-hybridized carbons (Fsp3) is 0.611. The molecule has 6 nitrogen and oxygen atoms in total. The molecule has 0 aromatic heterocycles. The van der Waals surface area contributed by atoms with E-state index in [0.29, 0.717) is 24.0 Å². The van der Waals surface area contributed by atoms with E-state index in [1.54, 1.807) is 37.4 Å². The van der Waals surface area contributed by atoms with Crippen LogP contribution in [0, 0.1) is 5.41 Å². The van der Waals surface area contributed by atoms with Gasteiger partial charge in [0.15, 0.2) is 5.96 Å². The maximum Gasteiger partial charge on any atom is 0.240 e. The summed E-state index contributed by atoms with van der Waals surface area (Å²) in [5.41, 5.74) is 0.308. The topological polar surface area (TPSA) is 82.6 Å². The lowest BCUT2D eigenvalue weighted by Gasteiger charge is -2.23. The van der Waals surface area contributed by atoms with Crippen LogP contribution in [0.3, 0.4) is 0 Å². The Kier molecular flexibility index (Phi) is 11.4. The van der Waals surface area contributed by atoms with E-state index in [1.165, 1.54) is 0 Å². The number of guanidine groups is 1. The van der Waals surface area contributed by atoms with Gasteiger partial charge in [0.05, 0.1) is 4.90 Å². The van der Waals surface area contributed by atoms with Crippen LogP contribution in [0.5, 0.6) is 0 Å². The molecule has 0 spiro atoms. The van der Waals surface area contributed by atoms with Crippen LogP contribution >= 0.6 is 24.0 Å². The maximum absolute atomic E-state index is 12.1. The summed E-state index contributed by atoms with van der Waals surface area (Å²) in [6.45, 7) is 9.55. The van der Waals surface area contributed by atoms with Gasteiger partial charge in [-0.05, 0) is 37.3 Å². The van der Waals surface area contributed by atoms with E-state index >= 15 is 0 Å². The van der Waals surface area contributed by atoms with Gasteiger partial charge in [-0.2, -0.15) is 0 Å². The van der Waals surface area contributed by atoms with Crippen molar-refractivity contribution in [1.82, 2.24) is 15.4 Å². The molecule has 1 atom stereocenters. The van der Waals surface area contributed by atoms with Crippen LogP contribution in [0.4, 0.5) is 0 Å². The Labute approximate surface area is 175 Å². The molecule has 8 heteroatoms. The van der Waals surface area contributed by atoms with Gasteiger partial charge in [0, 0.05) is 26.2 Å². The second kappa shape index (κ2) is 11.8. The predicted molar refractivity (Wildman–Crippen MR) is 120 cm³/mol. The molecule has 0 saturated heterocycles. The molecule has 0 radical (unpaired) electrons. The molecule has 26 heavy (non-hydrogen) atoms. The molecule has 0 fully saturated rings. The first kappa shape index (κ1) is 25.1. The van der Waals surface area contributed by atoms with E-state index in [1.807, 2.05) is 0 Å². The molecule has 0 heterocycles. The number of benzene rings is 1. The minimum Gasteiger partial charge on any atom is -0.355 e. The molecule has 1 rings (SSSR count). The lowest BCUT2D eigenvalue weighted by molar-refractivity contribution is 0.346. The van der Waals surface area contributed by atoms with Crippen molar-refractivity contribution in [3.8, 4) is 0 Å². The van der Waals surface area contributed by atoms with Crippen molar-refractivity contribution in [3.05, 3.63) is 30.3 Å². The number of nitrogens with one attached hydrogen (secondary N) is 3. The first-order chi connectivity index (χ1) is 11.6. The summed E-state index contributed by atoms with van der Waals surface area (Å²) >= 11 is 0. The smallest absolute Gasteiger partial charge is 0.240 e. The van der Waals surface area contributed by atoms with Crippen LogP contribution in [-0.4, -0.2) is 40.6 Å². The average Bonchev–Trinajstić information content (AvgIpc) is 2.56. The minimum absolute atomic E-state index is 0. The molecule has 3 N–H and O–H groups in total. The molecule has 1 unspecified atom stereocenters. The van der Waals surface area contributed by atoms with E-state index in [0.717, 1.165) is 12.8 Å². The molecule has 1 aromatic carbocycles. The maximum atomic E-state index is 12.1. The van der Waals surface area contributed by atoms with Crippen LogP contribution < -0.4 is 15.4 Å². The molecule has 150 valence electrons. The van der Waals surface area contributed by atoms with E-state index in [9.17, 15) is 8.42 Å². The highest BCUT2D eigenvalue weighted by Gasteiger charge is 2.14. The summed E-state index contributed by atoms with van der Waals surface area (Å²) in [7, 11) is -1.75. The number of halogens is 1. The molecule has 0 aliphatic carbocycles. The molecule has 0 aliphatic heterocycles. The van der Waals surface area contributed by atoms with E-state index in [2.05, 4.69) is 48.0 Å². The largest absolute Gasteiger partial charge is 0.355 e. The highest BCUT2D eigenvalue weighted by atomic mass is 127. The van der Waals surface area contributed by atoms with Crippen LogP contribution in [0.25, 0.3) is 0 Å². The first-order valence-corrected chi connectivity index (χ1v) is 10.1. The number of hydrogen-bond acceptors (Lipinski definition) is 3. The predicted octanol–water partition coefficient (Wildman–Crippen LogP) is 2.96. The fourth-order valence-electron chi connectivity index (χ4n) is 2.20. The summed E-state index contributed by atoms with van der Waals surface area (Å²) in [4.78, 5) is 4.45. The zero-order valence-electron chi connectivity index (χ0n) is 16.4. The van der Waals surface area contributed by atoms with Gasteiger partial charge >= 0.3 is 0 Å². The summed E-state index contributed by atoms with van der Waals surface area (Å²) in [5, 5.41) is 6.46. The van der Waals surface area contributed by atoms with Gasteiger partial charge in [-0.1, -0.05) is 39.0 Å². The summed E-state index contributed by atoms with van der Waals surface area (Å²) in [6, 6.07) is 8.65. The van der Waals surface area contributed by atoms with Gasteiger partial charge in [0.25, 0.3) is 0 Å². The minimum atomic E-state index is -3.46. The number of nitrogens with zero attached hydrogens (tertiary/aromatic N) is 1. The Morgan fingerprint density at radius 2 is 1.77 bits per heavy atom. The number of aliphatic imine (C=N–C) groups is 1. The lowest BCUT2D eigenvalue weighted by atomic mass is 9.89. The van der Waals surface area contributed by atoms with Crippen molar-refractivity contribution in [1.29, 1.82) is 0 Å². The van der Waals surface area contributed by atoms with Gasteiger partial charge in [0.2, 0.25) is 10.0 Å². The fourth-order valence-corrected chi connectivity index (χ4v) is 3.25. The van der Waals surface area contributed by atoms with Gasteiger partial charge in [0.1, 0.15) is 0 Å². The number of rotatable bonds is 8. The van der Waals surface area contributed by atoms with E-state index in [4.69, 9.17) is 0 Å². The van der Waals surface area contributed by atoms with Crippen LogP contribution in [0.15, 0.2) is 40.2 Å². The van der Waals surface area contributed by atoms with Crippen molar-refractivity contribution in [2.24, 2.45) is 10.4 Å². The van der Waals surface area contributed by atoms with Crippen LogP contribution in [-0.2, 0) is 10.0 Å². The van der Waals surface area contributed by atoms with E-state index < -0.39 is 10.0 Å². The van der Waals surface area contributed by atoms with Crippen molar-refractivity contribution in [2.45, 2.75) is 51.5 Å². The molecule has 0 amide bonds. The number of hydrogen-bond donors (Lipinski definition) is 3. The Morgan fingerprint density at radius 3 is 2.31 bits per heavy atom. The van der Waals surface area contributed by atoms with Gasteiger partial charge in [-0.25, -0.2) is 13.1 Å². The SMILES string of the molecule is CN=C(NCCNS(=O)(=O)c1ccccc1)NC(C)CCC(C)(C)C.I. The molecule has 0 aliphatic rings. The third-order valence-corrected chi connectivity index (χ3v) is 5.17. The van der Waals surface area contributed by atoms with E-state index in [-0.39, 0.29) is 35.4 Å². The second-order valence-corrected chi connectivity index (χ2v) is 9.12. The third kappa shape index (κ3) is 10.3. The van der Waals surface area contributed by atoms with Crippen molar-refractivity contribution >= 4 is 40.0 Å². The zero-order valence-corrected chi connectivity index (χ0v) is 19.5. The Balaban J connectivity index is 0.00000625. The Morgan fingerprint density at radius 1 is 1.15 bits per heavy atom. The standard InChI is InChI=1S/C18H32N4O2S.HI/c1-15(11-12-18(2,3)4)22-17(19-5)20-13-14-21-25(23,24)16-9-7-6-8-10-16;/h6-10,15,21H,11-14H2,1-5H3,(H2,19,20,22);1H. The molecule has 0 saturated carbocycles. The third-order valence-electron chi connectivity index (χ3n) is 3.70. The average molecular weight is 496 g/mol.